The summed E-state index contributed by atoms with van der Waals surface area (Å²) < 4.78 is 12.5. The van der Waals surface area contributed by atoms with Crippen LogP contribution in [0.3, 0.4) is 0 Å². The Morgan fingerprint density at radius 3 is 2.47 bits per heavy atom. The third-order valence-corrected chi connectivity index (χ3v) is 7.18. The molecule has 2 unspecified atom stereocenters. The molecule has 0 amide bonds. The molecule has 2 N–H and O–H groups in total. The smallest absolute Gasteiger partial charge is 0.178 e. The maximum Gasteiger partial charge on any atom is 0.178 e. The second kappa shape index (κ2) is 6.55. The lowest BCUT2D eigenvalue weighted by Crippen LogP contribution is -2.40. The van der Waals surface area contributed by atoms with Gasteiger partial charge in [-0.15, -0.1) is 0 Å². The van der Waals surface area contributed by atoms with Gasteiger partial charge in [0.05, 0.1) is 12.1 Å². The third kappa shape index (κ3) is 2.42. The van der Waals surface area contributed by atoms with E-state index in [0.717, 1.165) is 43.9 Å². The van der Waals surface area contributed by atoms with Crippen LogP contribution in [0.5, 0.6) is 0 Å². The molecule has 2 aromatic heterocycles. The summed E-state index contributed by atoms with van der Waals surface area (Å²) in [7, 11) is 0. The Morgan fingerprint density at radius 2 is 1.56 bits per heavy atom. The molecule has 4 heterocycles. The highest BCUT2D eigenvalue weighted by Crippen LogP contribution is 2.40. The van der Waals surface area contributed by atoms with Gasteiger partial charge in [0.2, 0.25) is 0 Å². The van der Waals surface area contributed by atoms with Gasteiger partial charge in [0.25, 0.3) is 0 Å². The minimum absolute atomic E-state index is 0.0866. The van der Waals surface area contributed by atoms with Gasteiger partial charge in [-0.3, -0.25) is 0 Å². The van der Waals surface area contributed by atoms with Crippen molar-refractivity contribution in [3.05, 3.63) is 120 Å². The van der Waals surface area contributed by atoms with Crippen LogP contribution in [-0.2, 0) is 0 Å². The van der Waals surface area contributed by atoms with Gasteiger partial charge in [0.1, 0.15) is 11.2 Å². The third-order valence-electron chi connectivity index (χ3n) is 7.18. The Bertz CT molecular complexity index is 1820. The average Bonchev–Trinajstić information content (AvgIpc) is 3.46. The molecule has 0 fully saturated rings. The number of rotatable bonds is 1. The van der Waals surface area contributed by atoms with Crippen LogP contribution in [-0.4, -0.2) is 6.04 Å². The Morgan fingerprint density at radius 1 is 0.735 bits per heavy atom. The molecule has 5 aromatic rings. The Hall–Kier alpha value is -4.44. The van der Waals surface area contributed by atoms with Crippen LogP contribution >= 0.6 is 0 Å². The highest BCUT2D eigenvalue weighted by atomic mass is 16.4. The number of fused-ring (bicyclic) bond motifs is 9. The van der Waals surface area contributed by atoms with Gasteiger partial charge in [0, 0.05) is 27.2 Å². The summed E-state index contributed by atoms with van der Waals surface area (Å²) >= 11 is 0. The molecule has 8 rings (SSSR count). The molecule has 0 saturated heterocycles. The van der Waals surface area contributed by atoms with Crippen molar-refractivity contribution in [3.63, 3.8) is 0 Å². The zero-order valence-corrected chi connectivity index (χ0v) is 18.2. The molecule has 2 aliphatic heterocycles. The Kier molecular flexibility index (Phi) is 3.47. The fourth-order valence-electron chi connectivity index (χ4n) is 5.50. The van der Waals surface area contributed by atoms with Crippen molar-refractivity contribution in [1.82, 2.24) is 10.6 Å². The molecule has 0 radical (unpaired) electrons. The van der Waals surface area contributed by atoms with Gasteiger partial charge in [-0.25, -0.2) is 0 Å². The van der Waals surface area contributed by atoms with Crippen molar-refractivity contribution in [2.75, 3.05) is 0 Å². The predicted molar refractivity (Wildman–Crippen MR) is 136 cm³/mol. The molecule has 0 saturated carbocycles. The number of dihydropyridines is 2. The van der Waals surface area contributed by atoms with Crippen molar-refractivity contribution in [1.29, 1.82) is 0 Å². The molecule has 1 aliphatic carbocycles. The summed E-state index contributed by atoms with van der Waals surface area (Å²) in [4.78, 5) is 0. The minimum atomic E-state index is 0.0866. The number of furan rings is 2. The summed E-state index contributed by atoms with van der Waals surface area (Å²) in [5, 5.41) is 11.6. The summed E-state index contributed by atoms with van der Waals surface area (Å²) in [6.45, 7) is 0. The molecule has 0 spiro atoms. The van der Waals surface area contributed by atoms with Crippen LogP contribution in [0, 0.1) is 0 Å². The molecule has 2 atom stereocenters. The van der Waals surface area contributed by atoms with Gasteiger partial charge in [-0.1, -0.05) is 54.6 Å². The van der Waals surface area contributed by atoms with E-state index in [2.05, 4.69) is 83.5 Å². The van der Waals surface area contributed by atoms with Crippen LogP contribution in [0.2, 0.25) is 0 Å². The maximum atomic E-state index is 6.32. The fraction of sp³-hybridized carbons (Fsp3) is 0.0667. The second-order valence-corrected chi connectivity index (χ2v) is 9.08. The molecule has 162 valence electrons. The number of hydrogen-bond acceptors (Lipinski definition) is 4. The van der Waals surface area contributed by atoms with E-state index in [1.54, 1.807) is 0 Å². The molecule has 4 heteroatoms. The average molecular weight is 441 g/mol. The first-order valence-corrected chi connectivity index (χ1v) is 11.6. The van der Waals surface area contributed by atoms with Gasteiger partial charge >= 0.3 is 0 Å². The topological polar surface area (TPSA) is 50.3 Å². The van der Waals surface area contributed by atoms with E-state index < -0.39 is 0 Å². The Balaban J connectivity index is 1.24. The van der Waals surface area contributed by atoms with Crippen LogP contribution in [0.25, 0.3) is 43.9 Å². The highest BCUT2D eigenvalue weighted by molar-refractivity contribution is 6.18. The standard InChI is InChI=1S/C30H20N2O2/c1-2-6-25-20(5-1)21-11-12-22-23-16-19(10-14-26(23)34-30(22)29(21)33-25)24-13-9-18-8-7-17-4-3-15-31-27(17)28(18)32-24/h1-16,24,27,31-32H. The molecule has 34 heavy (non-hydrogen) atoms. The SMILES string of the molecule is C1=CNC2C(=C1)C=CC1=C2NC(c2ccc3oc4c(ccc5c6ccccc6oc54)c3c2)C=C1. The summed E-state index contributed by atoms with van der Waals surface area (Å²) in [6, 6.07) is 19.2. The van der Waals surface area contributed by atoms with Crippen LogP contribution in [0.1, 0.15) is 11.6 Å². The normalized spacial score (nSPS) is 21.1. The van der Waals surface area contributed by atoms with E-state index in [1.807, 2.05) is 24.4 Å². The molecule has 3 aromatic carbocycles. The van der Waals surface area contributed by atoms with Crippen LogP contribution in [0.4, 0.5) is 0 Å². The monoisotopic (exact) mass is 440 g/mol. The van der Waals surface area contributed by atoms with E-state index in [9.17, 15) is 0 Å². The van der Waals surface area contributed by atoms with Gasteiger partial charge in [0.15, 0.2) is 11.2 Å². The van der Waals surface area contributed by atoms with Crippen LogP contribution in [0.15, 0.2) is 123 Å². The fourth-order valence-corrected chi connectivity index (χ4v) is 5.50. The predicted octanol–water partition coefficient (Wildman–Crippen LogP) is 6.92. The van der Waals surface area contributed by atoms with Gasteiger partial charge < -0.3 is 19.5 Å². The molecule has 0 bridgehead atoms. The quantitative estimate of drug-likeness (QED) is 0.297. The summed E-state index contributed by atoms with van der Waals surface area (Å²) in [6.07, 6.45) is 15.1. The number of para-hydroxylation sites is 1. The molecular weight excluding hydrogens is 420 g/mol. The van der Waals surface area contributed by atoms with Gasteiger partial charge in [-0.05, 0) is 59.3 Å². The zero-order valence-electron chi connectivity index (χ0n) is 18.2. The number of benzene rings is 3. The van der Waals surface area contributed by atoms with E-state index in [4.69, 9.17) is 8.83 Å². The first-order chi connectivity index (χ1) is 16.8. The molecular formula is C30H20N2O2. The van der Waals surface area contributed by atoms with E-state index in [0.29, 0.717) is 0 Å². The number of hydrogen-bond donors (Lipinski definition) is 2. The minimum Gasteiger partial charge on any atom is -0.452 e. The van der Waals surface area contributed by atoms with Crippen molar-refractivity contribution in [3.8, 4) is 0 Å². The van der Waals surface area contributed by atoms with Crippen molar-refractivity contribution < 1.29 is 8.83 Å². The van der Waals surface area contributed by atoms with Crippen molar-refractivity contribution in [2.24, 2.45) is 0 Å². The lowest BCUT2D eigenvalue weighted by atomic mass is 9.88. The van der Waals surface area contributed by atoms with Gasteiger partial charge in [-0.2, -0.15) is 0 Å². The number of nitrogens with one attached hydrogen (secondary N) is 2. The Labute approximate surface area is 195 Å². The summed E-state index contributed by atoms with van der Waals surface area (Å²) in [5.74, 6) is 0. The molecule has 4 nitrogen and oxygen atoms in total. The van der Waals surface area contributed by atoms with E-state index in [1.165, 1.54) is 22.4 Å². The number of allylic oxidation sites excluding steroid dienone is 5. The zero-order chi connectivity index (χ0) is 22.2. The highest BCUT2D eigenvalue weighted by Gasteiger charge is 2.28. The van der Waals surface area contributed by atoms with E-state index >= 15 is 0 Å². The summed E-state index contributed by atoms with van der Waals surface area (Å²) in [5.41, 5.74) is 8.29. The second-order valence-electron chi connectivity index (χ2n) is 9.08. The largest absolute Gasteiger partial charge is 0.452 e. The molecule has 3 aliphatic rings. The first kappa shape index (κ1) is 18.0. The maximum absolute atomic E-state index is 6.32. The van der Waals surface area contributed by atoms with E-state index in [-0.39, 0.29) is 12.1 Å². The van der Waals surface area contributed by atoms with Crippen molar-refractivity contribution in [2.45, 2.75) is 12.1 Å². The van der Waals surface area contributed by atoms with Crippen LogP contribution < -0.4 is 10.6 Å². The lowest BCUT2D eigenvalue weighted by molar-refractivity contribution is 0.607. The first-order valence-electron chi connectivity index (χ1n) is 11.6. The lowest BCUT2D eigenvalue weighted by Gasteiger charge is -2.34. The van der Waals surface area contributed by atoms with Crippen molar-refractivity contribution >= 4 is 43.9 Å².